The molecule has 8 heteroatoms. The lowest BCUT2D eigenvalue weighted by atomic mass is 10.2. The van der Waals surface area contributed by atoms with E-state index >= 15 is 0 Å². The highest BCUT2D eigenvalue weighted by molar-refractivity contribution is 7.13. The van der Waals surface area contributed by atoms with Gasteiger partial charge in [0.15, 0.2) is 0 Å². The summed E-state index contributed by atoms with van der Waals surface area (Å²) >= 11 is 7.64. The van der Waals surface area contributed by atoms with Crippen molar-refractivity contribution in [2.75, 3.05) is 0 Å². The van der Waals surface area contributed by atoms with Gasteiger partial charge in [0.25, 0.3) is 0 Å². The van der Waals surface area contributed by atoms with Gasteiger partial charge in [-0.2, -0.15) is 5.10 Å². The lowest BCUT2D eigenvalue weighted by Gasteiger charge is -2.01. The molecule has 0 aliphatic rings. The predicted molar refractivity (Wildman–Crippen MR) is 102 cm³/mol. The number of halogens is 1. The molecule has 27 heavy (non-hydrogen) atoms. The number of thiazole rings is 1. The van der Waals surface area contributed by atoms with Crippen LogP contribution in [0.1, 0.15) is 22.0 Å². The minimum absolute atomic E-state index is 0.0645. The third-order valence-electron chi connectivity index (χ3n) is 3.75. The molecular weight excluding hydrogens is 386 g/mol. The first-order valence-electron chi connectivity index (χ1n) is 8.11. The number of hydrogen-bond donors (Lipinski definition) is 0. The van der Waals surface area contributed by atoms with E-state index in [1.54, 1.807) is 23.0 Å². The minimum atomic E-state index is -0.533. The van der Waals surface area contributed by atoms with Gasteiger partial charge in [-0.15, -0.1) is 11.3 Å². The Balaban J connectivity index is 1.37. The van der Waals surface area contributed by atoms with Gasteiger partial charge < -0.3 is 9.15 Å². The van der Waals surface area contributed by atoms with E-state index in [1.165, 1.54) is 11.3 Å². The maximum Gasteiger partial charge on any atom is 0.374 e. The van der Waals surface area contributed by atoms with E-state index in [1.807, 2.05) is 41.9 Å². The molecular formula is C19H14ClN3O3S. The first kappa shape index (κ1) is 17.5. The molecule has 4 aromatic rings. The van der Waals surface area contributed by atoms with Crippen LogP contribution in [-0.4, -0.2) is 20.7 Å². The van der Waals surface area contributed by atoms with E-state index in [0.717, 1.165) is 10.6 Å². The fourth-order valence-electron chi connectivity index (χ4n) is 2.47. The van der Waals surface area contributed by atoms with Crippen molar-refractivity contribution in [2.24, 2.45) is 0 Å². The van der Waals surface area contributed by atoms with Gasteiger partial charge in [0.05, 0.1) is 17.3 Å². The topological polar surface area (TPSA) is 70.2 Å². The molecule has 0 unspecified atom stereocenters. The summed E-state index contributed by atoms with van der Waals surface area (Å²) in [6, 6.07) is 12.6. The van der Waals surface area contributed by atoms with Gasteiger partial charge in [0.2, 0.25) is 5.76 Å². The average molecular weight is 400 g/mol. The Kier molecular flexibility index (Phi) is 5.04. The van der Waals surface area contributed by atoms with Crippen LogP contribution in [0.2, 0.25) is 5.02 Å². The van der Waals surface area contributed by atoms with Crippen LogP contribution in [0, 0.1) is 0 Å². The van der Waals surface area contributed by atoms with Gasteiger partial charge in [-0.25, -0.2) is 9.78 Å². The van der Waals surface area contributed by atoms with Crippen LogP contribution in [0.15, 0.2) is 64.7 Å². The van der Waals surface area contributed by atoms with E-state index in [2.05, 4.69) is 10.1 Å². The van der Waals surface area contributed by atoms with Gasteiger partial charge >= 0.3 is 5.97 Å². The Hall–Kier alpha value is -2.90. The van der Waals surface area contributed by atoms with E-state index in [0.29, 0.717) is 23.0 Å². The van der Waals surface area contributed by atoms with Crippen LogP contribution in [0.3, 0.4) is 0 Å². The highest BCUT2D eigenvalue weighted by Gasteiger charge is 2.15. The van der Waals surface area contributed by atoms with E-state index in [-0.39, 0.29) is 12.4 Å². The van der Waals surface area contributed by atoms with Crippen molar-refractivity contribution in [3.8, 4) is 10.6 Å². The molecule has 4 rings (SSSR count). The molecule has 3 aromatic heterocycles. The number of carbonyl (C=O) groups is 1. The SMILES string of the molecule is O=C(OCc1csc(-c2ccccc2Cl)n1)c1ccc(Cn2cccn2)o1. The fraction of sp³-hybridized carbons (Fsp3) is 0.105. The lowest BCUT2D eigenvalue weighted by molar-refractivity contribution is 0.0429. The molecule has 0 N–H and O–H groups in total. The molecule has 1 aromatic carbocycles. The van der Waals surface area contributed by atoms with Crippen molar-refractivity contribution in [3.05, 3.63) is 82.5 Å². The summed E-state index contributed by atoms with van der Waals surface area (Å²) in [6.07, 6.45) is 3.50. The Labute approximate surface area is 164 Å². The summed E-state index contributed by atoms with van der Waals surface area (Å²) in [6.45, 7) is 0.516. The molecule has 0 atom stereocenters. The minimum Gasteiger partial charge on any atom is -0.453 e. The smallest absolute Gasteiger partial charge is 0.374 e. The largest absolute Gasteiger partial charge is 0.453 e. The lowest BCUT2D eigenvalue weighted by Crippen LogP contribution is -2.04. The summed E-state index contributed by atoms with van der Waals surface area (Å²) in [5.41, 5.74) is 1.52. The van der Waals surface area contributed by atoms with Crippen LogP contribution in [-0.2, 0) is 17.9 Å². The Morgan fingerprint density at radius 2 is 2.11 bits per heavy atom. The number of aromatic nitrogens is 3. The van der Waals surface area contributed by atoms with E-state index < -0.39 is 5.97 Å². The Bertz CT molecular complexity index is 1060. The van der Waals surface area contributed by atoms with Gasteiger partial charge in [-0.05, 0) is 24.3 Å². The molecule has 0 bridgehead atoms. The Morgan fingerprint density at radius 1 is 1.22 bits per heavy atom. The van der Waals surface area contributed by atoms with Crippen LogP contribution < -0.4 is 0 Å². The molecule has 0 amide bonds. The fourth-order valence-corrected chi connectivity index (χ4v) is 3.59. The molecule has 0 radical (unpaired) electrons. The van der Waals surface area contributed by atoms with Crippen LogP contribution in [0.25, 0.3) is 10.6 Å². The summed E-state index contributed by atoms with van der Waals surface area (Å²) in [4.78, 5) is 16.7. The molecule has 0 aliphatic carbocycles. The van der Waals surface area contributed by atoms with Crippen LogP contribution in [0.5, 0.6) is 0 Å². The second-order valence-electron chi connectivity index (χ2n) is 5.67. The molecule has 3 heterocycles. The standard InChI is InChI=1S/C19H14ClN3O3S/c20-16-5-2-1-4-15(16)18-22-13(12-27-18)11-25-19(24)17-7-6-14(26-17)10-23-9-3-8-21-23/h1-9,12H,10-11H2. The van der Waals surface area contributed by atoms with Crippen molar-refractivity contribution < 1.29 is 13.9 Å². The molecule has 0 aliphatic heterocycles. The molecule has 0 saturated carbocycles. The molecule has 0 saturated heterocycles. The number of ether oxygens (including phenoxy) is 1. The highest BCUT2D eigenvalue weighted by atomic mass is 35.5. The molecule has 0 spiro atoms. The zero-order valence-corrected chi connectivity index (χ0v) is 15.6. The second kappa shape index (κ2) is 7.77. The molecule has 136 valence electrons. The zero-order valence-electron chi connectivity index (χ0n) is 14.0. The maximum atomic E-state index is 12.2. The van der Waals surface area contributed by atoms with Crippen molar-refractivity contribution in [1.82, 2.24) is 14.8 Å². The predicted octanol–water partition coefficient (Wildman–Crippen LogP) is 4.66. The number of nitrogens with zero attached hydrogens (tertiary/aromatic N) is 3. The van der Waals surface area contributed by atoms with Gasteiger partial charge in [-0.3, -0.25) is 4.68 Å². The summed E-state index contributed by atoms with van der Waals surface area (Å²) in [5, 5.41) is 7.36. The van der Waals surface area contributed by atoms with Gasteiger partial charge in [0.1, 0.15) is 17.4 Å². The van der Waals surface area contributed by atoms with Gasteiger partial charge in [0, 0.05) is 23.3 Å². The number of benzene rings is 1. The number of furan rings is 1. The summed E-state index contributed by atoms with van der Waals surface area (Å²) in [7, 11) is 0. The Morgan fingerprint density at radius 3 is 2.93 bits per heavy atom. The monoisotopic (exact) mass is 399 g/mol. The number of carbonyl (C=O) groups excluding carboxylic acids is 1. The normalized spacial score (nSPS) is 10.9. The first-order valence-corrected chi connectivity index (χ1v) is 9.37. The molecule has 6 nitrogen and oxygen atoms in total. The van der Waals surface area contributed by atoms with E-state index in [9.17, 15) is 4.79 Å². The maximum absolute atomic E-state index is 12.2. The highest BCUT2D eigenvalue weighted by Crippen LogP contribution is 2.30. The third-order valence-corrected chi connectivity index (χ3v) is 5.00. The third kappa shape index (κ3) is 4.10. The van der Waals surface area contributed by atoms with E-state index in [4.69, 9.17) is 20.8 Å². The summed E-state index contributed by atoms with van der Waals surface area (Å²) < 4.78 is 12.5. The van der Waals surface area contributed by atoms with Crippen molar-refractivity contribution in [1.29, 1.82) is 0 Å². The number of esters is 1. The quantitative estimate of drug-likeness (QED) is 0.441. The molecule has 0 fully saturated rings. The number of hydrogen-bond acceptors (Lipinski definition) is 6. The van der Waals surface area contributed by atoms with Crippen molar-refractivity contribution in [2.45, 2.75) is 13.2 Å². The average Bonchev–Trinajstić information content (AvgIpc) is 3.43. The van der Waals surface area contributed by atoms with Gasteiger partial charge in [-0.1, -0.05) is 29.8 Å². The number of rotatable bonds is 6. The first-order chi connectivity index (χ1) is 13.2. The van der Waals surface area contributed by atoms with Crippen molar-refractivity contribution in [3.63, 3.8) is 0 Å². The zero-order chi connectivity index (χ0) is 18.6. The van der Waals surface area contributed by atoms with Crippen LogP contribution >= 0.6 is 22.9 Å². The second-order valence-corrected chi connectivity index (χ2v) is 6.93. The van der Waals surface area contributed by atoms with Crippen LogP contribution in [0.4, 0.5) is 0 Å². The van der Waals surface area contributed by atoms with Crippen molar-refractivity contribution >= 4 is 28.9 Å². The summed E-state index contributed by atoms with van der Waals surface area (Å²) in [5.74, 6) is 0.244.